The molecule has 0 fully saturated rings. The molecule has 0 heterocycles. The summed E-state index contributed by atoms with van der Waals surface area (Å²) in [5.74, 6) is 0. The van der Waals surface area contributed by atoms with Crippen molar-refractivity contribution in [3.8, 4) is 0 Å². The molecule has 2 N–H and O–H groups in total. The summed E-state index contributed by atoms with van der Waals surface area (Å²) < 4.78 is 0. The summed E-state index contributed by atoms with van der Waals surface area (Å²) in [7, 11) is 0. The third-order valence-corrected chi connectivity index (χ3v) is 3.28. The molecular formula is C16H15N. The molecular weight excluding hydrogens is 206 g/mol. The molecule has 17 heavy (non-hydrogen) atoms. The van der Waals surface area contributed by atoms with Crippen LogP contribution in [0.5, 0.6) is 0 Å². The molecule has 0 spiro atoms. The molecule has 0 saturated heterocycles. The molecule has 0 radical (unpaired) electrons. The van der Waals surface area contributed by atoms with Gasteiger partial charge in [0.25, 0.3) is 0 Å². The number of rotatable bonds is 0. The Morgan fingerprint density at radius 1 is 1.12 bits per heavy atom. The zero-order valence-corrected chi connectivity index (χ0v) is 9.90. The van der Waals surface area contributed by atoms with Crippen LogP contribution in [0.15, 0.2) is 42.0 Å². The van der Waals surface area contributed by atoms with Gasteiger partial charge in [0.05, 0.1) is 0 Å². The summed E-state index contributed by atoms with van der Waals surface area (Å²) in [6.07, 6.45) is 7.59. The second-order valence-corrected chi connectivity index (χ2v) is 4.61. The van der Waals surface area contributed by atoms with Crippen LogP contribution in [-0.4, -0.2) is 0 Å². The lowest BCUT2D eigenvalue weighted by atomic mass is 9.96. The lowest BCUT2D eigenvalue weighted by Gasteiger charge is -2.10. The monoisotopic (exact) mass is 221 g/mol. The van der Waals surface area contributed by atoms with Gasteiger partial charge < -0.3 is 5.73 Å². The molecule has 0 aromatic heterocycles. The van der Waals surface area contributed by atoms with E-state index in [1.807, 2.05) is 0 Å². The largest absolute Gasteiger partial charge is 0.398 e. The van der Waals surface area contributed by atoms with Crippen molar-refractivity contribution in [1.29, 1.82) is 0 Å². The zero-order chi connectivity index (χ0) is 11.8. The van der Waals surface area contributed by atoms with Crippen LogP contribution in [0.1, 0.15) is 24.5 Å². The third-order valence-electron chi connectivity index (χ3n) is 3.28. The van der Waals surface area contributed by atoms with Gasteiger partial charge >= 0.3 is 0 Å². The molecule has 2 aromatic rings. The van der Waals surface area contributed by atoms with Crippen LogP contribution in [-0.2, 0) is 0 Å². The molecule has 0 amide bonds. The topological polar surface area (TPSA) is 26.0 Å². The first-order valence-corrected chi connectivity index (χ1v) is 5.90. The molecule has 2 aromatic carbocycles. The van der Waals surface area contributed by atoms with Crippen LogP contribution >= 0.6 is 0 Å². The van der Waals surface area contributed by atoms with E-state index < -0.39 is 0 Å². The van der Waals surface area contributed by atoms with E-state index in [0.29, 0.717) is 0 Å². The maximum atomic E-state index is 6.14. The van der Waals surface area contributed by atoms with Crippen LogP contribution in [0, 0.1) is 0 Å². The lowest BCUT2D eigenvalue weighted by Crippen LogP contribution is -1.93. The summed E-state index contributed by atoms with van der Waals surface area (Å²) in [5.41, 5.74) is 10.8. The molecule has 1 aliphatic carbocycles. The van der Waals surface area contributed by atoms with Crippen LogP contribution in [0.25, 0.3) is 22.9 Å². The minimum Gasteiger partial charge on any atom is -0.398 e. The molecule has 0 unspecified atom stereocenters. The molecule has 84 valence electrons. The molecule has 3 rings (SSSR count). The number of benzene rings is 2. The predicted molar refractivity (Wildman–Crippen MR) is 75.7 cm³/mol. The van der Waals surface area contributed by atoms with Gasteiger partial charge in [0.2, 0.25) is 0 Å². The highest BCUT2D eigenvalue weighted by molar-refractivity contribution is 5.98. The van der Waals surface area contributed by atoms with Crippen molar-refractivity contribution >= 4 is 28.6 Å². The Balaban J connectivity index is 2.46. The van der Waals surface area contributed by atoms with E-state index in [0.717, 1.165) is 17.7 Å². The van der Waals surface area contributed by atoms with Crippen LogP contribution in [0.3, 0.4) is 0 Å². The predicted octanol–water partition coefficient (Wildman–Crippen LogP) is 4.24. The van der Waals surface area contributed by atoms with Crippen molar-refractivity contribution in [3.05, 3.63) is 53.1 Å². The van der Waals surface area contributed by atoms with Gasteiger partial charge in [-0.05, 0) is 35.7 Å². The van der Waals surface area contributed by atoms with Crippen molar-refractivity contribution in [2.75, 3.05) is 5.73 Å². The number of anilines is 1. The quantitative estimate of drug-likeness (QED) is 0.661. The minimum atomic E-state index is 0.862. The van der Waals surface area contributed by atoms with Gasteiger partial charge in [-0.3, -0.25) is 0 Å². The van der Waals surface area contributed by atoms with Crippen molar-refractivity contribution in [3.63, 3.8) is 0 Å². The molecule has 1 nitrogen and oxygen atoms in total. The third kappa shape index (κ3) is 1.64. The van der Waals surface area contributed by atoms with Gasteiger partial charge in [-0.15, -0.1) is 0 Å². The van der Waals surface area contributed by atoms with Crippen molar-refractivity contribution in [1.82, 2.24) is 0 Å². The fourth-order valence-electron chi connectivity index (χ4n) is 2.42. The molecule has 0 atom stereocenters. The number of hydrogen-bond donors (Lipinski definition) is 1. The fourth-order valence-corrected chi connectivity index (χ4v) is 2.42. The highest BCUT2D eigenvalue weighted by atomic mass is 14.6. The number of nitrogens with two attached hydrogens (primary N) is 1. The lowest BCUT2D eigenvalue weighted by molar-refractivity contribution is 1.25. The van der Waals surface area contributed by atoms with Gasteiger partial charge in [0.1, 0.15) is 0 Å². The molecule has 1 heteroatoms. The average Bonchev–Trinajstić information content (AvgIpc) is 2.51. The minimum absolute atomic E-state index is 0.862. The number of nitrogen functional groups attached to an aromatic ring is 1. The first-order chi connectivity index (χ1) is 8.25. The van der Waals surface area contributed by atoms with Gasteiger partial charge in [0.15, 0.2) is 0 Å². The van der Waals surface area contributed by atoms with Crippen LogP contribution in [0.4, 0.5) is 5.69 Å². The average molecular weight is 221 g/mol. The fraction of sp³-hybridized carbons (Fsp3) is 0.125. The Labute approximate surface area is 101 Å². The van der Waals surface area contributed by atoms with Crippen LogP contribution in [0.2, 0.25) is 0 Å². The maximum absolute atomic E-state index is 6.14. The smallest absolute Gasteiger partial charge is 0.0400 e. The van der Waals surface area contributed by atoms with E-state index >= 15 is 0 Å². The van der Waals surface area contributed by atoms with E-state index in [1.165, 1.54) is 21.9 Å². The number of hydrogen-bond acceptors (Lipinski definition) is 1. The highest BCUT2D eigenvalue weighted by Gasteiger charge is 2.09. The SMILES string of the molecule is CC1=Cc2c(c(N)cc3ccccc23)C=CC1. The number of fused-ring (bicyclic) bond motifs is 3. The Morgan fingerprint density at radius 3 is 2.82 bits per heavy atom. The second kappa shape index (κ2) is 3.77. The number of allylic oxidation sites excluding steroid dienone is 2. The van der Waals surface area contributed by atoms with Gasteiger partial charge in [-0.2, -0.15) is 0 Å². The molecule has 0 aliphatic heterocycles. The van der Waals surface area contributed by atoms with E-state index in [9.17, 15) is 0 Å². The summed E-state index contributed by atoms with van der Waals surface area (Å²) in [6.45, 7) is 2.16. The maximum Gasteiger partial charge on any atom is 0.0400 e. The first-order valence-electron chi connectivity index (χ1n) is 5.90. The summed E-state index contributed by atoms with van der Waals surface area (Å²) in [5, 5.41) is 2.49. The van der Waals surface area contributed by atoms with E-state index in [1.54, 1.807) is 0 Å². The summed E-state index contributed by atoms with van der Waals surface area (Å²) in [6, 6.07) is 10.5. The molecule has 0 saturated carbocycles. The van der Waals surface area contributed by atoms with Gasteiger partial charge in [0, 0.05) is 11.3 Å². The van der Waals surface area contributed by atoms with Crippen LogP contribution < -0.4 is 5.73 Å². The van der Waals surface area contributed by atoms with Crippen molar-refractivity contribution in [2.24, 2.45) is 0 Å². The normalized spacial score (nSPS) is 14.3. The zero-order valence-electron chi connectivity index (χ0n) is 9.90. The summed E-state index contributed by atoms with van der Waals surface area (Å²) in [4.78, 5) is 0. The standard InChI is InChI=1S/C16H15N/c1-11-5-4-8-14-15(9-11)13-7-3-2-6-12(13)10-16(14)17/h2-4,6-10H,5,17H2,1H3. The Morgan fingerprint density at radius 2 is 1.94 bits per heavy atom. The van der Waals surface area contributed by atoms with Crippen molar-refractivity contribution in [2.45, 2.75) is 13.3 Å². The Kier molecular flexibility index (Phi) is 2.25. The van der Waals surface area contributed by atoms with E-state index in [2.05, 4.69) is 55.5 Å². The van der Waals surface area contributed by atoms with Crippen molar-refractivity contribution < 1.29 is 0 Å². The molecule has 1 aliphatic rings. The van der Waals surface area contributed by atoms with E-state index in [-0.39, 0.29) is 0 Å². The highest BCUT2D eigenvalue weighted by Crippen LogP contribution is 2.32. The Hall–Kier alpha value is -2.02. The first kappa shape index (κ1) is 10.2. The second-order valence-electron chi connectivity index (χ2n) is 4.61. The Bertz CT molecular complexity index is 648. The summed E-state index contributed by atoms with van der Waals surface area (Å²) >= 11 is 0. The van der Waals surface area contributed by atoms with E-state index in [4.69, 9.17) is 5.73 Å². The van der Waals surface area contributed by atoms with Gasteiger partial charge in [-0.25, -0.2) is 0 Å². The van der Waals surface area contributed by atoms with Gasteiger partial charge in [-0.1, -0.05) is 48.1 Å². The molecule has 0 bridgehead atoms.